The number of alkyl halides is 3. The fraction of sp³-hybridized carbons (Fsp3) is 0.406. The third-order valence-corrected chi connectivity index (χ3v) is 8.14. The molecule has 0 spiro atoms. The quantitative estimate of drug-likeness (QED) is 0.226. The zero-order valence-electron chi connectivity index (χ0n) is 24.0. The minimum absolute atomic E-state index is 0.198. The van der Waals surface area contributed by atoms with Gasteiger partial charge in [0.1, 0.15) is 11.6 Å². The van der Waals surface area contributed by atoms with Crippen LogP contribution in [0.1, 0.15) is 44.3 Å². The standard InChI is InChI=1S/C32H35F3N6O2/c1-21-37-31(43-40-21)22-11-13-26(14-12-22)41-17-5-7-25(20-41)38-28-9-2-3-10-29(28)39-30-19-24(15-16-36-30)23-6-4-8-27(18-23)42-32(33,34)35/h4,6,8,11-16,18-19,25,28-29,38H,2-3,5,7,9-10,17,20H2,1H3,(H,36,39)/t25-,28+,29+/m0/s1. The van der Waals surface area contributed by atoms with Gasteiger partial charge < -0.3 is 24.8 Å². The highest BCUT2D eigenvalue weighted by Gasteiger charge is 2.31. The van der Waals surface area contributed by atoms with E-state index in [9.17, 15) is 13.2 Å². The molecule has 2 N–H and O–H groups in total. The van der Waals surface area contributed by atoms with Gasteiger partial charge in [0.15, 0.2) is 5.82 Å². The van der Waals surface area contributed by atoms with Crippen LogP contribution in [0.2, 0.25) is 0 Å². The van der Waals surface area contributed by atoms with Crippen molar-refractivity contribution in [3.05, 3.63) is 72.7 Å². The first kappa shape index (κ1) is 29.0. The molecule has 43 heavy (non-hydrogen) atoms. The van der Waals surface area contributed by atoms with Crippen LogP contribution < -0.4 is 20.3 Å². The molecule has 0 bridgehead atoms. The number of nitrogens with one attached hydrogen (secondary N) is 2. The molecule has 2 aromatic heterocycles. The number of piperidine rings is 1. The van der Waals surface area contributed by atoms with Gasteiger partial charge in [-0.1, -0.05) is 30.1 Å². The van der Waals surface area contributed by atoms with Crippen molar-refractivity contribution in [1.29, 1.82) is 0 Å². The molecular weight excluding hydrogens is 557 g/mol. The molecule has 3 atom stereocenters. The average Bonchev–Trinajstić information content (AvgIpc) is 3.44. The Morgan fingerprint density at radius 3 is 2.47 bits per heavy atom. The van der Waals surface area contributed by atoms with Crippen LogP contribution in [0.3, 0.4) is 0 Å². The Labute approximate surface area is 248 Å². The minimum Gasteiger partial charge on any atom is -0.406 e. The van der Waals surface area contributed by atoms with Gasteiger partial charge in [-0.05, 0) is 92.3 Å². The summed E-state index contributed by atoms with van der Waals surface area (Å²) in [6, 6.07) is 18.8. The van der Waals surface area contributed by atoms with Crippen LogP contribution >= 0.6 is 0 Å². The number of hydrogen-bond acceptors (Lipinski definition) is 8. The third kappa shape index (κ3) is 7.45. The van der Waals surface area contributed by atoms with E-state index in [-0.39, 0.29) is 17.8 Å². The van der Waals surface area contributed by atoms with Gasteiger partial charge in [-0.3, -0.25) is 0 Å². The maximum Gasteiger partial charge on any atom is 0.573 e. The molecule has 2 aliphatic rings. The minimum atomic E-state index is -4.73. The molecule has 3 heterocycles. The predicted molar refractivity (Wildman–Crippen MR) is 159 cm³/mol. The van der Waals surface area contributed by atoms with E-state index in [4.69, 9.17) is 4.52 Å². The van der Waals surface area contributed by atoms with Crippen LogP contribution in [0, 0.1) is 6.92 Å². The number of aryl methyl sites for hydroxylation is 1. The lowest BCUT2D eigenvalue weighted by molar-refractivity contribution is -0.274. The number of halogens is 3. The third-order valence-electron chi connectivity index (χ3n) is 8.14. The largest absolute Gasteiger partial charge is 0.573 e. The van der Waals surface area contributed by atoms with E-state index in [0.29, 0.717) is 29.1 Å². The Morgan fingerprint density at radius 2 is 1.70 bits per heavy atom. The van der Waals surface area contributed by atoms with Crippen molar-refractivity contribution in [2.45, 2.75) is 69.9 Å². The lowest BCUT2D eigenvalue weighted by atomic mass is 9.89. The van der Waals surface area contributed by atoms with Gasteiger partial charge in [0.25, 0.3) is 5.89 Å². The monoisotopic (exact) mass is 592 g/mol. The lowest BCUT2D eigenvalue weighted by Gasteiger charge is -2.40. The van der Waals surface area contributed by atoms with E-state index in [1.54, 1.807) is 24.4 Å². The molecule has 0 unspecified atom stereocenters. The Balaban J connectivity index is 1.09. The van der Waals surface area contributed by atoms with Crippen LogP contribution in [0.15, 0.2) is 71.4 Å². The first-order valence-electron chi connectivity index (χ1n) is 14.8. The van der Waals surface area contributed by atoms with E-state index < -0.39 is 6.36 Å². The van der Waals surface area contributed by atoms with Crippen LogP contribution in [0.25, 0.3) is 22.6 Å². The molecule has 4 aromatic rings. The Bertz CT molecular complexity index is 1510. The first-order chi connectivity index (χ1) is 20.8. The fourth-order valence-electron chi connectivity index (χ4n) is 6.13. The zero-order valence-corrected chi connectivity index (χ0v) is 24.0. The Morgan fingerprint density at radius 1 is 0.907 bits per heavy atom. The molecule has 8 nitrogen and oxygen atoms in total. The highest BCUT2D eigenvalue weighted by atomic mass is 19.4. The van der Waals surface area contributed by atoms with E-state index in [1.165, 1.54) is 24.2 Å². The van der Waals surface area contributed by atoms with E-state index in [0.717, 1.165) is 56.3 Å². The van der Waals surface area contributed by atoms with Gasteiger partial charge >= 0.3 is 6.36 Å². The highest BCUT2D eigenvalue weighted by Crippen LogP contribution is 2.30. The SMILES string of the molecule is Cc1noc(-c2ccc(N3CCC[C@H](N[C@@H]4CCCC[C@H]4Nc4cc(-c5cccc(OC(F)(F)F)c5)ccn4)C3)cc2)n1. The molecule has 6 rings (SSSR count). The Hall–Kier alpha value is -4.12. The lowest BCUT2D eigenvalue weighted by Crippen LogP contribution is -2.54. The number of aromatic nitrogens is 3. The normalized spacial score (nSPS) is 21.0. The van der Waals surface area contributed by atoms with E-state index in [1.807, 2.05) is 25.1 Å². The number of anilines is 2. The number of hydrogen-bond donors (Lipinski definition) is 2. The number of nitrogens with zero attached hydrogens (tertiary/aromatic N) is 4. The van der Waals surface area contributed by atoms with Crippen LogP contribution in [0.4, 0.5) is 24.7 Å². The molecule has 226 valence electrons. The summed E-state index contributed by atoms with van der Waals surface area (Å²) in [6.45, 7) is 3.74. The van der Waals surface area contributed by atoms with Gasteiger partial charge in [-0.2, -0.15) is 4.98 Å². The topological polar surface area (TPSA) is 88.3 Å². The maximum absolute atomic E-state index is 12.7. The van der Waals surface area contributed by atoms with Crippen molar-refractivity contribution in [2.24, 2.45) is 0 Å². The van der Waals surface area contributed by atoms with Gasteiger partial charge in [0.05, 0.1) is 0 Å². The second-order valence-corrected chi connectivity index (χ2v) is 11.3. The summed E-state index contributed by atoms with van der Waals surface area (Å²) in [6.07, 6.45) is 3.56. The summed E-state index contributed by atoms with van der Waals surface area (Å²) in [7, 11) is 0. The molecular formula is C32H35F3N6O2. The average molecular weight is 593 g/mol. The number of pyridine rings is 1. The summed E-state index contributed by atoms with van der Waals surface area (Å²) in [5.74, 6) is 1.61. The predicted octanol–water partition coefficient (Wildman–Crippen LogP) is 6.99. The molecule has 11 heteroatoms. The summed E-state index contributed by atoms with van der Waals surface area (Å²) in [5, 5.41) is 11.5. The zero-order chi connectivity index (χ0) is 29.8. The molecule has 1 saturated carbocycles. The van der Waals surface area contributed by atoms with Crippen molar-refractivity contribution in [3.63, 3.8) is 0 Å². The highest BCUT2D eigenvalue weighted by molar-refractivity contribution is 5.67. The van der Waals surface area contributed by atoms with E-state index >= 15 is 0 Å². The molecule has 1 saturated heterocycles. The van der Waals surface area contributed by atoms with Crippen molar-refractivity contribution in [3.8, 4) is 28.3 Å². The van der Waals surface area contributed by atoms with Crippen molar-refractivity contribution >= 4 is 11.5 Å². The Kier molecular flexibility index (Phi) is 8.51. The van der Waals surface area contributed by atoms with Crippen LogP contribution in [0.5, 0.6) is 5.75 Å². The molecule has 2 fully saturated rings. The van der Waals surface area contributed by atoms with Crippen molar-refractivity contribution in [2.75, 3.05) is 23.3 Å². The smallest absolute Gasteiger partial charge is 0.406 e. The summed E-state index contributed by atoms with van der Waals surface area (Å²) in [4.78, 5) is 11.3. The van der Waals surface area contributed by atoms with Gasteiger partial charge in [0.2, 0.25) is 0 Å². The second kappa shape index (κ2) is 12.6. The van der Waals surface area contributed by atoms with Crippen molar-refractivity contribution in [1.82, 2.24) is 20.4 Å². The number of ether oxygens (including phenoxy) is 1. The molecule has 1 aliphatic heterocycles. The van der Waals surface area contributed by atoms with Gasteiger partial charge in [0, 0.05) is 48.7 Å². The van der Waals surface area contributed by atoms with Crippen molar-refractivity contribution < 1.29 is 22.4 Å². The number of benzene rings is 2. The van der Waals surface area contributed by atoms with Gasteiger partial charge in [-0.25, -0.2) is 4.98 Å². The molecule has 1 aliphatic carbocycles. The second-order valence-electron chi connectivity index (χ2n) is 11.3. The summed E-state index contributed by atoms with van der Waals surface area (Å²) in [5.41, 5.74) is 3.49. The van der Waals surface area contributed by atoms with E-state index in [2.05, 4.69) is 47.5 Å². The van der Waals surface area contributed by atoms with Gasteiger partial charge in [-0.15, -0.1) is 13.2 Å². The number of rotatable bonds is 8. The maximum atomic E-state index is 12.7. The van der Waals surface area contributed by atoms with Crippen LogP contribution in [-0.4, -0.2) is 52.7 Å². The molecule has 0 radical (unpaired) electrons. The summed E-state index contributed by atoms with van der Waals surface area (Å²) >= 11 is 0. The molecule has 0 amide bonds. The fourth-order valence-corrected chi connectivity index (χ4v) is 6.13. The van der Waals surface area contributed by atoms with Crippen LogP contribution in [-0.2, 0) is 0 Å². The molecule has 2 aromatic carbocycles. The first-order valence-corrected chi connectivity index (χ1v) is 14.8. The summed E-state index contributed by atoms with van der Waals surface area (Å²) < 4.78 is 47.6.